The number of nitrogens with two attached hydrogens (primary N) is 1. The molecule has 1 aromatic rings. The zero-order chi connectivity index (χ0) is 13.7. The smallest absolute Gasteiger partial charge is 0.122 e. The molecule has 0 atom stereocenters. The van der Waals surface area contributed by atoms with Crippen LogP contribution in [0.3, 0.4) is 0 Å². The molecule has 0 heterocycles. The molecule has 0 amide bonds. The fourth-order valence-electron chi connectivity index (χ4n) is 2.57. The van der Waals surface area contributed by atoms with E-state index in [1.165, 1.54) is 25.7 Å². The third-order valence-corrected chi connectivity index (χ3v) is 3.83. The summed E-state index contributed by atoms with van der Waals surface area (Å²) in [7, 11) is 2.18. The zero-order valence-corrected chi connectivity index (χ0v) is 11.6. The lowest BCUT2D eigenvalue weighted by Gasteiger charge is -2.23. The molecule has 4 heteroatoms. The summed E-state index contributed by atoms with van der Waals surface area (Å²) < 4.78 is 5.72. The molecule has 0 bridgehead atoms. The summed E-state index contributed by atoms with van der Waals surface area (Å²) in [6.07, 6.45) is 5.37. The first-order valence-corrected chi connectivity index (χ1v) is 6.94. The number of nitrogen functional groups attached to an aromatic ring is 1. The molecule has 104 valence electrons. The zero-order valence-electron chi connectivity index (χ0n) is 11.6. The highest BCUT2D eigenvalue weighted by Gasteiger charge is 2.18. The van der Waals surface area contributed by atoms with Gasteiger partial charge in [-0.2, -0.15) is 0 Å². The Bertz CT molecular complexity index is 410. The van der Waals surface area contributed by atoms with Crippen molar-refractivity contribution in [2.45, 2.75) is 31.7 Å². The van der Waals surface area contributed by atoms with E-state index in [4.69, 9.17) is 15.9 Å². The summed E-state index contributed by atoms with van der Waals surface area (Å²) >= 11 is 0. The maximum atomic E-state index is 7.33. The largest absolute Gasteiger partial charge is 0.492 e. The number of hydrogen-bond donors (Lipinski definition) is 2. The van der Waals surface area contributed by atoms with Crippen molar-refractivity contribution in [3.05, 3.63) is 29.8 Å². The molecule has 0 unspecified atom stereocenters. The second-order valence-electron chi connectivity index (χ2n) is 5.21. The predicted octanol–water partition coefficient (Wildman–Crippen LogP) is 2.22. The van der Waals surface area contributed by atoms with Crippen LogP contribution in [0.2, 0.25) is 0 Å². The number of ether oxygens (including phenoxy) is 1. The van der Waals surface area contributed by atoms with Crippen LogP contribution < -0.4 is 10.5 Å². The molecular weight excluding hydrogens is 238 g/mol. The van der Waals surface area contributed by atoms with Gasteiger partial charge in [-0.25, -0.2) is 0 Å². The Morgan fingerprint density at radius 2 is 1.95 bits per heavy atom. The normalized spacial score (nSPS) is 15.9. The molecule has 1 aliphatic rings. The topological polar surface area (TPSA) is 62.3 Å². The minimum Gasteiger partial charge on any atom is -0.492 e. The Hall–Kier alpha value is -1.55. The van der Waals surface area contributed by atoms with E-state index in [2.05, 4.69) is 11.9 Å². The lowest BCUT2D eigenvalue weighted by atomic mass is 10.2. The van der Waals surface area contributed by atoms with Gasteiger partial charge in [-0.05, 0) is 44.2 Å². The molecule has 0 aromatic heterocycles. The third-order valence-electron chi connectivity index (χ3n) is 3.83. The summed E-state index contributed by atoms with van der Waals surface area (Å²) in [6, 6.07) is 8.11. The van der Waals surface area contributed by atoms with E-state index in [-0.39, 0.29) is 5.84 Å². The summed E-state index contributed by atoms with van der Waals surface area (Å²) in [4.78, 5) is 2.40. The molecule has 0 saturated heterocycles. The van der Waals surface area contributed by atoms with Crippen molar-refractivity contribution in [3.63, 3.8) is 0 Å². The maximum Gasteiger partial charge on any atom is 0.122 e. The van der Waals surface area contributed by atoms with Gasteiger partial charge in [0.05, 0.1) is 0 Å². The van der Waals surface area contributed by atoms with E-state index < -0.39 is 0 Å². The second-order valence-corrected chi connectivity index (χ2v) is 5.21. The first kappa shape index (κ1) is 13.9. The summed E-state index contributed by atoms with van der Waals surface area (Å²) in [5, 5.41) is 7.33. The van der Waals surface area contributed by atoms with Gasteiger partial charge >= 0.3 is 0 Å². The standard InChI is InChI=1S/C15H23N3O/c1-18(13-4-2-3-5-13)10-11-19-14-8-6-12(7-9-14)15(16)17/h6-9,13H,2-5,10-11H2,1H3,(H3,16,17). The number of nitrogens with one attached hydrogen (secondary N) is 1. The molecule has 2 rings (SSSR count). The fourth-order valence-corrected chi connectivity index (χ4v) is 2.57. The Morgan fingerprint density at radius 3 is 2.53 bits per heavy atom. The summed E-state index contributed by atoms with van der Waals surface area (Å²) in [5.74, 6) is 0.928. The van der Waals surface area contributed by atoms with E-state index in [0.717, 1.165) is 23.9 Å². The molecule has 19 heavy (non-hydrogen) atoms. The van der Waals surface area contributed by atoms with Gasteiger partial charge in [0.1, 0.15) is 18.2 Å². The number of nitrogens with zero attached hydrogens (tertiary/aromatic N) is 1. The summed E-state index contributed by atoms with van der Waals surface area (Å²) in [5.41, 5.74) is 6.14. The molecule has 0 radical (unpaired) electrons. The molecule has 1 aromatic carbocycles. The van der Waals surface area contributed by atoms with Crippen LogP contribution in [0.5, 0.6) is 5.75 Å². The first-order valence-electron chi connectivity index (χ1n) is 6.94. The Kier molecular flexibility index (Phi) is 4.80. The molecule has 1 aliphatic carbocycles. The Balaban J connectivity index is 1.74. The molecular formula is C15H23N3O. The van der Waals surface area contributed by atoms with Gasteiger partial charge in [0.25, 0.3) is 0 Å². The van der Waals surface area contributed by atoms with Crippen LogP contribution >= 0.6 is 0 Å². The molecule has 1 saturated carbocycles. The van der Waals surface area contributed by atoms with Gasteiger partial charge in [0.15, 0.2) is 0 Å². The lowest BCUT2D eigenvalue weighted by molar-refractivity contribution is 0.193. The molecule has 3 N–H and O–H groups in total. The average Bonchev–Trinajstić information content (AvgIpc) is 2.93. The molecule has 1 fully saturated rings. The van der Waals surface area contributed by atoms with Crippen molar-refractivity contribution in [3.8, 4) is 5.75 Å². The number of rotatable bonds is 6. The van der Waals surface area contributed by atoms with Crippen molar-refractivity contribution in [2.24, 2.45) is 5.73 Å². The van der Waals surface area contributed by atoms with Gasteiger partial charge in [0, 0.05) is 18.2 Å². The van der Waals surface area contributed by atoms with Gasteiger partial charge in [-0.15, -0.1) is 0 Å². The number of likely N-dealkylation sites (N-methyl/N-ethyl adjacent to an activating group) is 1. The van der Waals surface area contributed by atoms with Crippen LogP contribution in [0.25, 0.3) is 0 Å². The van der Waals surface area contributed by atoms with Crippen molar-refractivity contribution < 1.29 is 4.74 Å². The number of amidine groups is 1. The van der Waals surface area contributed by atoms with Crippen molar-refractivity contribution >= 4 is 5.84 Å². The Morgan fingerprint density at radius 1 is 1.32 bits per heavy atom. The van der Waals surface area contributed by atoms with Gasteiger partial charge in [-0.1, -0.05) is 12.8 Å². The highest BCUT2D eigenvalue weighted by atomic mass is 16.5. The fraction of sp³-hybridized carbons (Fsp3) is 0.533. The van der Waals surface area contributed by atoms with Crippen LogP contribution in [0.1, 0.15) is 31.2 Å². The minimum atomic E-state index is 0.0903. The quantitative estimate of drug-likeness (QED) is 0.609. The highest BCUT2D eigenvalue weighted by molar-refractivity contribution is 5.94. The van der Waals surface area contributed by atoms with Crippen LogP contribution in [-0.4, -0.2) is 37.0 Å². The first-order chi connectivity index (χ1) is 9.16. The maximum absolute atomic E-state index is 7.33. The Labute approximate surface area is 115 Å². The molecule has 0 spiro atoms. The van der Waals surface area contributed by atoms with E-state index in [1.54, 1.807) is 0 Å². The van der Waals surface area contributed by atoms with Gasteiger partial charge in [-0.3, -0.25) is 5.41 Å². The van der Waals surface area contributed by atoms with E-state index in [9.17, 15) is 0 Å². The van der Waals surface area contributed by atoms with Crippen molar-refractivity contribution in [1.29, 1.82) is 5.41 Å². The minimum absolute atomic E-state index is 0.0903. The van der Waals surface area contributed by atoms with E-state index in [1.807, 2.05) is 24.3 Å². The third kappa shape index (κ3) is 3.96. The van der Waals surface area contributed by atoms with Crippen LogP contribution in [0.4, 0.5) is 0 Å². The van der Waals surface area contributed by atoms with Crippen LogP contribution in [0, 0.1) is 5.41 Å². The predicted molar refractivity (Wildman–Crippen MR) is 77.8 cm³/mol. The summed E-state index contributed by atoms with van der Waals surface area (Å²) in [6.45, 7) is 1.66. The second kappa shape index (κ2) is 6.57. The van der Waals surface area contributed by atoms with Crippen molar-refractivity contribution in [2.75, 3.05) is 20.2 Å². The van der Waals surface area contributed by atoms with Crippen LogP contribution in [0.15, 0.2) is 24.3 Å². The molecule has 4 nitrogen and oxygen atoms in total. The van der Waals surface area contributed by atoms with E-state index in [0.29, 0.717) is 6.61 Å². The van der Waals surface area contributed by atoms with E-state index >= 15 is 0 Å². The van der Waals surface area contributed by atoms with Crippen LogP contribution in [-0.2, 0) is 0 Å². The molecule has 0 aliphatic heterocycles. The van der Waals surface area contributed by atoms with Crippen molar-refractivity contribution in [1.82, 2.24) is 4.90 Å². The lowest BCUT2D eigenvalue weighted by Crippen LogP contribution is -2.32. The van der Waals surface area contributed by atoms with Gasteiger partial charge in [0.2, 0.25) is 0 Å². The highest BCUT2D eigenvalue weighted by Crippen LogP contribution is 2.22. The number of benzene rings is 1. The van der Waals surface area contributed by atoms with Gasteiger partial charge < -0.3 is 15.4 Å². The SMILES string of the molecule is CN(CCOc1ccc(C(=N)N)cc1)C1CCCC1. The number of hydrogen-bond acceptors (Lipinski definition) is 3. The average molecular weight is 261 g/mol. The monoisotopic (exact) mass is 261 g/mol.